The van der Waals surface area contributed by atoms with E-state index in [0.717, 1.165) is 44.6 Å². The molecule has 4 aliphatic rings. The fourth-order valence-electron chi connectivity index (χ4n) is 5.43. The molecule has 2 atom stereocenters. The fraction of sp³-hybridized carbons (Fsp3) is 0.400. The lowest BCUT2D eigenvalue weighted by Crippen LogP contribution is -2.19. The summed E-state index contributed by atoms with van der Waals surface area (Å²) in [5, 5.41) is 0. The minimum atomic E-state index is 0.0297. The number of ketones is 2. The van der Waals surface area contributed by atoms with Crippen molar-refractivity contribution in [3.8, 4) is 0 Å². The predicted octanol–water partition coefficient (Wildman–Crippen LogP) is 6.95. The third-order valence-corrected chi connectivity index (χ3v) is 7.45. The molecule has 4 rings (SSSR count). The van der Waals surface area contributed by atoms with Crippen LogP contribution in [0, 0.1) is 23.7 Å². The van der Waals surface area contributed by atoms with Gasteiger partial charge in [0.2, 0.25) is 0 Å². The van der Waals surface area contributed by atoms with E-state index in [2.05, 4.69) is 65.8 Å². The third-order valence-electron chi connectivity index (χ3n) is 7.45. The van der Waals surface area contributed by atoms with Crippen LogP contribution in [0.25, 0.3) is 0 Å². The van der Waals surface area contributed by atoms with Crippen LogP contribution in [-0.2, 0) is 9.59 Å². The topological polar surface area (TPSA) is 34.1 Å². The number of carbonyl (C=O) groups is 2. The summed E-state index contributed by atoms with van der Waals surface area (Å²) in [5.41, 5.74) is 10.6. The van der Waals surface area contributed by atoms with Gasteiger partial charge in [-0.1, -0.05) is 63.1 Å². The summed E-state index contributed by atoms with van der Waals surface area (Å²) in [6.45, 7) is 17.1. The molecular weight excluding hydrogens is 392 g/mol. The zero-order chi connectivity index (χ0) is 23.5. The molecule has 0 aliphatic heterocycles. The molecule has 166 valence electrons. The van der Waals surface area contributed by atoms with Gasteiger partial charge in [-0.25, -0.2) is 0 Å². The molecule has 0 saturated carbocycles. The Bertz CT molecular complexity index is 1090. The highest BCUT2D eigenvalue weighted by Gasteiger charge is 2.36. The van der Waals surface area contributed by atoms with E-state index >= 15 is 0 Å². The van der Waals surface area contributed by atoms with Crippen molar-refractivity contribution in [2.45, 2.75) is 55.4 Å². The Kier molecular flexibility index (Phi) is 5.61. The number of carbonyl (C=O) groups excluding carboxylic acids is 2. The van der Waals surface area contributed by atoms with Gasteiger partial charge in [0, 0.05) is 23.0 Å². The summed E-state index contributed by atoms with van der Waals surface area (Å²) < 4.78 is 0. The zero-order valence-electron chi connectivity index (χ0n) is 20.6. The van der Waals surface area contributed by atoms with Gasteiger partial charge < -0.3 is 0 Å². The predicted molar refractivity (Wildman–Crippen MR) is 132 cm³/mol. The molecule has 4 aliphatic carbocycles. The molecule has 0 N–H and O–H groups in total. The SMILES string of the molecule is CC1=CC(=O)C2=C(C)C(C3C=C(C(C)C)C=C4C(C)=CC(=O)C4=C3C)C=C(C(C)C)C=C12. The summed E-state index contributed by atoms with van der Waals surface area (Å²) in [6.07, 6.45) is 12.7. The average molecular weight is 427 g/mol. The van der Waals surface area contributed by atoms with Gasteiger partial charge in [-0.2, -0.15) is 0 Å². The minimum Gasteiger partial charge on any atom is -0.289 e. The lowest BCUT2D eigenvalue weighted by atomic mass is 9.76. The molecular formula is C30H34O2. The monoisotopic (exact) mass is 426 g/mol. The van der Waals surface area contributed by atoms with Crippen LogP contribution in [0.2, 0.25) is 0 Å². The molecule has 32 heavy (non-hydrogen) atoms. The first-order valence-electron chi connectivity index (χ1n) is 11.8. The lowest BCUT2D eigenvalue weighted by molar-refractivity contribution is -0.111. The van der Waals surface area contributed by atoms with Gasteiger partial charge in [0.1, 0.15) is 0 Å². The molecule has 0 saturated heterocycles. The van der Waals surface area contributed by atoms with Gasteiger partial charge in [0.05, 0.1) is 0 Å². The second-order valence-electron chi connectivity index (χ2n) is 10.3. The van der Waals surface area contributed by atoms with E-state index in [1.165, 1.54) is 11.1 Å². The Labute approximate surface area is 192 Å². The quantitative estimate of drug-likeness (QED) is 0.489. The van der Waals surface area contributed by atoms with Crippen molar-refractivity contribution in [1.29, 1.82) is 0 Å². The van der Waals surface area contributed by atoms with E-state index in [-0.39, 0.29) is 23.4 Å². The maximum atomic E-state index is 13.0. The highest BCUT2D eigenvalue weighted by Crippen LogP contribution is 2.46. The molecule has 2 heteroatoms. The Hall–Kier alpha value is -2.74. The van der Waals surface area contributed by atoms with Crippen LogP contribution in [0.1, 0.15) is 55.4 Å². The molecule has 0 aromatic carbocycles. The first kappa shape index (κ1) is 22.5. The maximum Gasteiger partial charge on any atom is 0.186 e. The van der Waals surface area contributed by atoms with Crippen molar-refractivity contribution in [3.63, 3.8) is 0 Å². The summed E-state index contributed by atoms with van der Waals surface area (Å²) in [7, 11) is 0. The Morgan fingerprint density at radius 2 is 0.938 bits per heavy atom. The van der Waals surface area contributed by atoms with E-state index < -0.39 is 0 Å². The van der Waals surface area contributed by atoms with Crippen LogP contribution in [0.4, 0.5) is 0 Å². The van der Waals surface area contributed by atoms with E-state index in [1.54, 1.807) is 12.2 Å². The van der Waals surface area contributed by atoms with Crippen LogP contribution in [0.3, 0.4) is 0 Å². The summed E-state index contributed by atoms with van der Waals surface area (Å²) >= 11 is 0. The van der Waals surface area contributed by atoms with Gasteiger partial charge in [-0.05, 0) is 85.1 Å². The first-order chi connectivity index (χ1) is 15.0. The molecule has 2 unspecified atom stereocenters. The van der Waals surface area contributed by atoms with Crippen molar-refractivity contribution < 1.29 is 9.59 Å². The van der Waals surface area contributed by atoms with Crippen LogP contribution in [0.15, 0.2) is 92.2 Å². The standard InChI is InChI=1S/C30H34O2/c1-15(2)21-11-23-17(5)9-27(31)29(23)19(7)25(13-21)26-14-22(16(3)4)12-24-18(6)10-28(32)30(24)20(26)8/h9-16,25-26H,1-8H3. The molecule has 0 radical (unpaired) electrons. The summed E-state index contributed by atoms with van der Waals surface area (Å²) in [6, 6.07) is 0. The van der Waals surface area contributed by atoms with Crippen LogP contribution < -0.4 is 0 Å². The van der Waals surface area contributed by atoms with Crippen LogP contribution >= 0.6 is 0 Å². The first-order valence-corrected chi connectivity index (χ1v) is 11.8. The highest BCUT2D eigenvalue weighted by molar-refractivity contribution is 6.14. The van der Waals surface area contributed by atoms with Gasteiger partial charge in [-0.15, -0.1) is 0 Å². The second kappa shape index (κ2) is 7.99. The van der Waals surface area contributed by atoms with Crippen LogP contribution in [-0.4, -0.2) is 11.6 Å². The van der Waals surface area contributed by atoms with Gasteiger partial charge in [0.15, 0.2) is 11.6 Å². The highest BCUT2D eigenvalue weighted by atomic mass is 16.1. The minimum absolute atomic E-state index is 0.0297. The van der Waals surface area contributed by atoms with Gasteiger partial charge >= 0.3 is 0 Å². The Balaban J connectivity index is 1.97. The zero-order valence-corrected chi connectivity index (χ0v) is 20.6. The second-order valence-corrected chi connectivity index (χ2v) is 10.3. The molecule has 0 bridgehead atoms. The number of hydrogen-bond donors (Lipinski definition) is 0. The largest absolute Gasteiger partial charge is 0.289 e. The van der Waals surface area contributed by atoms with Crippen molar-refractivity contribution in [1.82, 2.24) is 0 Å². The number of hydrogen-bond acceptors (Lipinski definition) is 2. The Morgan fingerprint density at radius 1 is 0.594 bits per heavy atom. The van der Waals surface area contributed by atoms with Gasteiger partial charge in [-0.3, -0.25) is 9.59 Å². The van der Waals surface area contributed by atoms with Crippen molar-refractivity contribution in [2.75, 3.05) is 0 Å². The molecule has 0 spiro atoms. The summed E-state index contributed by atoms with van der Waals surface area (Å²) in [5.74, 6) is 0.964. The van der Waals surface area contributed by atoms with E-state index in [4.69, 9.17) is 0 Å². The molecule has 0 aromatic rings. The molecule has 0 heterocycles. The van der Waals surface area contributed by atoms with Crippen molar-refractivity contribution in [3.05, 3.63) is 92.2 Å². The van der Waals surface area contributed by atoms with E-state index in [0.29, 0.717) is 11.8 Å². The maximum absolute atomic E-state index is 13.0. The molecule has 0 amide bonds. The summed E-state index contributed by atoms with van der Waals surface area (Å²) in [4.78, 5) is 26.0. The normalized spacial score (nSPS) is 25.8. The van der Waals surface area contributed by atoms with E-state index in [1.807, 2.05) is 13.8 Å². The Morgan fingerprint density at radius 3 is 1.25 bits per heavy atom. The van der Waals surface area contributed by atoms with E-state index in [9.17, 15) is 9.59 Å². The van der Waals surface area contributed by atoms with Crippen molar-refractivity contribution >= 4 is 11.6 Å². The van der Waals surface area contributed by atoms with Crippen molar-refractivity contribution in [2.24, 2.45) is 23.7 Å². The lowest BCUT2D eigenvalue weighted by Gasteiger charge is -2.27. The third kappa shape index (κ3) is 3.50. The smallest absolute Gasteiger partial charge is 0.186 e. The fourth-order valence-corrected chi connectivity index (χ4v) is 5.43. The molecule has 0 aromatic heterocycles. The average Bonchev–Trinajstić information content (AvgIpc) is 2.99. The number of fused-ring (bicyclic) bond motifs is 2. The number of allylic oxidation sites excluding steroid dienone is 16. The van der Waals surface area contributed by atoms with Gasteiger partial charge in [0.25, 0.3) is 0 Å². The molecule has 0 fully saturated rings. The molecule has 2 nitrogen and oxygen atoms in total. The number of rotatable bonds is 3. The van der Waals surface area contributed by atoms with Crippen LogP contribution in [0.5, 0.6) is 0 Å².